The maximum absolute atomic E-state index is 5.56. The molecule has 68 valence electrons. The van der Waals surface area contributed by atoms with Crippen molar-refractivity contribution in [2.75, 3.05) is 26.7 Å². The molecule has 0 amide bonds. The highest BCUT2D eigenvalue weighted by Gasteiger charge is 2.24. The van der Waals surface area contributed by atoms with Crippen molar-refractivity contribution >= 4 is 0 Å². The normalized spacial score (nSPS) is 15.0. The molecule has 0 N–H and O–H groups in total. The van der Waals surface area contributed by atoms with Gasteiger partial charge in [0, 0.05) is 6.92 Å². The lowest BCUT2D eigenvalue weighted by Gasteiger charge is -2.37. The van der Waals surface area contributed by atoms with Gasteiger partial charge in [0.2, 0.25) is 0 Å². The van der Waals surface area contributed by atoms with Crippen LogP contribution in [0.15, 0.2) is 0 Å². The first-order valence-electron chi connectivity index (χ1n) is 4.56. The Kier molecular flexibility index (Phi) is 4.69. The molecule has 1 unspecified atom stereocenters. The van der Waals surface area contributed by atoms with Gasteiger partial charge in [-0.15, -0.1) is 0 Å². The van der Waals surface area contributed by atoms with Gasteiger partial charge in [-0.25, -0.2) is 0 Å². The van der Waals surface area contributed by atoms with Crippen molar-refractivity contribution in [1.82, 2.24) is 0 Å². The number of nitrogens with zero attached hydrogens (tertiary/aromatic N) is 1. The molecule has 0 fully saturated rings. The standard InChI is InChI=1S/C9H22NO/c1-6-10(5,7-2)9(4)11-8-3/h9H,6-8H2,1-5H3/q+1. The zero-order valence-corrected chi connectivity index (χ0v) is 8.55. The highest BCUT2D eigenvalue weighted by molar-refractivity contribution is 4.35. The number of ether oxygens (including phenoxy) is 1. The topological polar surface area (TPSA) is 9.23 Å². The zero-order valence-electron chi connectivity index (χ0n) is 8.55. The molecule has 0 aromatic heterocycles. The molecule has 0 spiro atoms. The van der Waals surface area contributed by atoms with Gasteiger partial charge in [0.15, 0.2) is 6.23 Å². The predicted octanol–water partition coefficient (Wildman–Crippen LogP) is 1.86. The molecule has 0 saturated carbocycles. The molecule has 0 aromatic rings. The fourth-order valence-electron chi connectivity index (χ4n) is 1.16. The van der Waals surface area contributed by atoms with Crippen LogP contribution in [0.3, 0.4) is 0 Å². The van der Waals surface area contributed by atoms with Gasteiger partial charge in [-0.2, -0.15) is 0 Å². The molecule has 0 radical (unpaired) electrons. The molecule has 0 saturated heterocycles. The Balaban J connectivity index is 4.00. The molecule has 0 rings (SSSR count). The van der Waals surface area contributed by atoms with Crippen LogP contribution in [-0.2, 0) is 4.74 Å². The highest BCUT2D eigenvalue weighted by atomic mass is 16.5. The van der Waals surface area contributed by atoms with Crippen LogP contribution in [0.2, 0.25) is 0 Å². The van der Waals surface area contributed by atoms with E-state index in [2.05, 4.69) is 27.8 Å². The Bertz CT molecular complexity index is 99.7. The van der Waals surface area contributed by atoms with Crippen molar-refractivity contribution in [3.8, 4) is 0 Å². The van der Waals surface area contributed by atoms with Gasteiger partial charge in [-0.05, 0) is 20.8 Å². The first-order valence-corrected chi connectivity index (χ1v) is 4.56. The number of rotatable bonds is 5. The van der Waals surface area contributed by atoms with Crippen LogP contribution in [0.25, 0.3) is 0 Å². The molecular weight excluding hydrogens is 138 g/mol. The van der Waals surface area contributed by atoms with E-state index in [9.17, 15) is 0 Å². The van der Waals surface area contributed by atoms with E-state index in [0.717, 1.165) is 24.2 Å². The van der Waals surface area contributed by atoms with E-state index >= 15 is 0 Å². The molecule has 2 heteroatoms. The fraction of sp³-hybridized carbons (Fsp3) is 1.00. The highest BCUT2D eigenvalue weighted by Crippen LogP contribution is 2.09. The lowest BCUT2D eigenvalue weighted by atomic mass is 10.3. The minimum absolute atomic E-state index is 0.329. The Labute approximate surface area is 70.7 Å². The third-order valence-electron chi connectivity index (χ3n) is 2.73. The second-order valence-electron chi connectivity index (χ2n) is 3.17. The Morgan fingerprint density at radius 1 is 1.18 bits per heavy atom. The lowest BCUT2D eigenvalue weighted by Crippen LogP contribution is -2.51. The summed E-state index contributed by atoms with van der Waals surface area (Å²) in [4.78, 5) is 0. The van der Waals surface area contributed by atoms with E-state index in [1.165, 1.54) is 0 Å². The summed E-state index contributed by atoms with van der Waals surface area (Å²) in [6, 6.07) is 0. The molecule has 1 atom stereocenters. The summed E-state index contributed by atoms with van der Waals surface area (Å²) < 4.78 is 6.57. The van der Waals surface area contributed by atoms with Crippen LogP contribution >= 0.6 is 0 Å². The van der Waals surface area contributed by atoms with Crippen molar-refractivity contribution in [2.24, 2.45) is 0 Å². The molecular formula is C9H22NO+. The van der Waals surface area contributed by atoms with Gasteiger partial charge < -0.3 is 9.22 Å². The van der Waals surface area contributed by atoms with Gasteiger partial charge in [-0.3, -0.25) is 0 Å². The molecule has 0 bridgehead atoms. The molecule has 11 heavy (non-hydrogen) atoms. The van der Waals surface area contributed by atoms with E-state index in [1.807, 2.05) is 6.92 Å². The van der Waals surface area contributed by atoms with Gasteiger partial charge >= 0.3 is 0 Å². The van der Waals surface area contributed by atoms with E-state index in [0.29, 0.717) is 6.23 Å². The summed E-state index contributed by atoms with van der Waals surface area (Å²) in [6.45, 7) is 11.7. The van der Waals surface area contributed by atoms with Crippen molar-refractivity contribution in [2.45, 2.75) is 33.9 Å². The van der Waals surface area contributed by atoms with Gasteiger partial charge in [-0.1, -0.05) is 0 Å². The minimum atomic E-state index is 0.329. The van der Waals surface area contributed by atoms with Crippen molar-refractivity contribution in [3.63, 3.8) is 0 Å². The van der Waals surface area contributed by atoms with E-state index < -0.39 is 0 Å². The predicted molar refractivity (Wildman–Crippen MR) is 48.4 cm³/mol. The Hall–Kier alpha value is -0.0800. The van der Waals surface area contributed by atoms with Gasteiger partial charge in [0.05, 0.1) is 26.7 Å². The summed E-state index contributed by atoms with van der Waals surface area (Å²) in [5.74, 6) is 0. The summed E-state index contributed by atoms with van der Waals surface area (Å²) in [6.07, 6.45) is 0.329. The second kappa shape index (κ2) is 4.73. The quantitative estimate of drug-likeness (QED) is 0.440. The minimum Gasteiger partial charge on any atom is -0.330 e. The number of quaternary nitrogens is 1. The van der Waals surface area contributed by atoms with E-state index in [-0.39, 0.29) is 0 Å². The number of hydrogen-bond donors (Lipinski definition) is 0. The van der Waals surface area contributed by atoms with Crippen molar-refractivity contribution in [1.29, 1.82) is 0 Å². The monoisotopic (exact) mass is 160 g/mol. The smallest absolute Gasteiger partial charge is 0.190 e. The van der Waals surface area contributed by atoms with Crippen molar-refractivity contribution < 1.29 is 9.22 Å². The van der Waals surface area contributed by atoms with Crippen LogP contribution in [0.5, 0.6) is 0 Å². The Morgan fingerprint density at radius 2 is 1.64 bits per heavy atom. The first kappa shape index (κ1) is 10.9. The molecule has 0 aliphatic heterocycles. The SMILES string of the molecule is CCOC(C)[N+](C)(CC)CC. The third-order valence-corrected chi connectivity index (χ3v) is 2.73. The molecule has 0 heterocycles. The maximum atomic E-state index is 5.56. The Morgan fingerprint density at radius 3 is 1.91 bits per heavy atom. The lowest BCUT2D eigenvalue weighted by molar-refractivity contribution is -0.949. The van der Waals surface area contributed by atoms with Gasteiger partial charge in [0.25, 0.3) is 0 Å². The van der Waals surface area contributed by atoms with Crippen LogP contribution in [0, 0.1) is 0 Å². The third kappa shape index (κ3) is 2.80. The second-order valence-corrected chi connectivity index (χ2v) is 3.17. The van der Waals surface area contributed by atoms with Crippen LogP contribution in [0.1, 0.15) is 27.7 Å². The molecule has 0 aromatic carbocycles. The molecule has 0 aliphatic rings. The van der Waals surface area contributed by atoms with Crippen LogP contribution < -0.4 is 0 Å². The largest absolute Gasteiger partial charge is 0.330 e. The summed E-state index contributed by atoms with van der Waals surface area (Å²) in [7, 11) is 2.24. The molecule has 0 aliphatic carbocycles. The van der Waals surface area contributed by atoms with E-state index in [1.54, 1.807) is 0 Å². The summed E-state index contributed by atoms with van der Waals surface area (Å²) >= 11 is 0. The van der Waals surface area contributed by atoms with E-state index in [4.69, 9.17) is 4.74 Å². The van der Waals surface area contributed by atoms with Crippen LogP contribution in [-0.4, -0.2) is 37.5 Å². The molecule has 2 nitrogen and oxygen atoms in total. The average molecular weight is 160 g/mol. The summed E-state index contributed by atoms with van der Waals surface area (Å²) in [5, 5.41) is 0. The maximum Gasteiger partial charge on any atom is 0.190 e. The summed E-state index contributed by atoms with van der Waals surface area (Å²) in [5.41, 5.74) is 0. The number of hydrogen-bond acceptors (Lipinski definition) is 1. The fourth-order valence-corrected chi connectivity index (χ4v) is 1.16. The first-order chi connectivity index (χ1) is 5.10. The van der Waals surface area contributed by atoms with Gasteiger partial charge in [0.1, 0.15) is 0 Å². The van der Waals surface area contributed by atoms with Crippen LogP contribution in [0.4, 0.5) is 0 Å². The van der Waals surface area contributed by atoms with Crippen molar-refractivity contribution in [3.05, 3.63) is 0 Å². The zero-order chi connectivity index (χ0) is 8.91. The average Bonchev–Trinajstić information content (AvgIpc) is 2.03.